The summed E-state index contributed by atoms with van der Waals surface area (Å²) in [5.41, 5.74) is 0.716. The van der Waals surface area contributed by atoms with Gasteiger partial charge in [0.15, 0.2) is 0 Å². The number of nitrogens with zero attached hydrogens (tertiary/aromatic N) is 1. The molecule has 0 N–H and O–H groups in total. The van der Waals surface area contributed by atoms with Gasteiger partial charge in [-0.05, 0) is 59.5 Å². The van der Waals surface area contributed by atoms with Gasteiger partial charge in [0.1, 0.15) is 0 Å². The summed E-state index contributed by atoms with van der Waals surface area (Å²) in [6, 6.07) is 5.85. The van der Waals surface area contributed by atoms with Crippen molar-refractivity contribution < 1.29 is 4.79 Å². The van der Waals surface area contributed by atoms with Crippen LogP contribution in [0.5, 0.6) is 0 Å². The average molecular weight is 392 g/mol. The van der Waals surface area contributed by atoms with Gasteiger partial charge in [-0.2, -0.15) is 0 Å². The summed E-state index contributed by atoms with van der Waals surface area (Å²) >= 11 is 8.20. The Morgan fingerprint density at radius 3 is 2.74 bits per heavy atom. The number of carbonyl (C=O) groups is 1. The van der Waals surface area contributed by atoms with Gasteiger partial charge in [0.2, 0.25) is 0 Å². The average Bonchev–Trinajstić information content (AvgIpc) is 2.40. The van der Waals surface area contributed by atoms with Crippen LogP contribution in [0.1, 0.15) is 43.0 Å². The van der Waals surface area contributed by atoms with E-state index < -0.39 is 0 Å². The molecule has 2 nitrogen and oxygen atoms in total. The van der Waals surface area contributed by atoms with Crippen LogP contribution in [-0.4, -0.2) is 23.9 Å². The third-order valence-corrected chi connectivity index (χ3v) is 5.22. The molecule has 1 amide bonds. The van der Waals surface area contributed by atoms with E-state index in [1.54, 1.807) is 6.07 Å². The predicted octanol–water partition coefficient (Wildman–Crippen LogP) is 4.60. The summed E-state index contributed by atoms with van der Waals surface area (Å²) in [4.78, 5) is 14.5. The lowest BCUT2D eigenvalue weighted by molar-refractivity contribution is 0.0628. The van der Waals surface area contributed by atoms with Crippen molar-refractivity contribution in [3.63, 3.8) is 0 Å². The van der Waals surface area contributed by atoms with Gasteiger partial charge in [0.25, 0.3) is 5.91 Å². The zero-order valence-corrected chi connectivity index (χ0v) is 14.2. The van der Waals surface area contributed by atoms with E-state index in [1.807, 2.05) is 24.1 Å². The topological polar surface area (TPSA) is 20.3 Å². The number of hydrogen-bond donors (Lipinski definition) is 0. The van der Waals surface area contributed by atoms with E-state index in [4.69, 9.17) is 11.6 Å². The fraction of sp³-hybridized carbons (Fsp3) is 0.533. The minimum absolute atomic E-state index is 0.0886. The Hall–Kier alpha value is -0.290. The Bertz CT molecular complexity index is 477. The predicted molar refractivity (Wildman–Crippen MR) is 87.7 cm³/mol. The zero-order chi connectivity index (χ0) is 14.0. The molecule has 104 valence electrons. The summed E-state index contributed by atoms with van der Waals surface area (Å²) in [5.74, 6) is 0.671. The summed E-state index contributed by atoms with van der Waals surface area (Å²) in [6.45, 7) is 2.25. The van der Waals surface area contributed by atoms with E-state index in [9.17, 15) is 4.79 Å². The van der Waals surface area contributed by atoms with E-state index in [0.717, 1.165) is 9.99 Å². The van der Waals surface area contributed by atoms with Crippen LogP contribution in [-0.2, 0) is 0 Å². The first-order valence-electron chi connectivity index (χ1n) is 6.73. The molecule has 19 heavy (non-hydrogen) atoms. The second-order valence-electron chi connectivity index (χ2n) is 5.37. The van der Waals surface area contributed by atoms with E-state index in [0.29, 0.717) is 22.5 Å². The Balaban J connectivity index is 2.20. The van der Waals surface area contributed by atoms with Gasteiger partial charge >= 0.3 is 0 Å². The van der Waals surface area contributed by atoms with Gasteiger partial charge in [-0.25, -0.2) is 0 Å². The summed E-state index contributed by atoms with van der Waals surface area (Å²) in [6.07, 6.45) is 4.84. The molecule has 0 heterocycles. The molecule has 1 aliphatic carbocycles. The van der Waals surface area contributed by atoms with Crippen molar-refractivity contribution in [1.29, 1.82) is 0 Å². The lowest BCUT2D eigenvalue weighted by atomic mass is 9.85. The van der Waals surface area contributed by atoms with Gasteiger partial charge in [-0.15, -0.1) is 0 Å². The van der Waals surface area contributed by atoms with Crippen LogP contribution >= 0.6 is 34.2 Å². The maximum absolute atomic E-state index is 12.6. The highest BCUT2D eigenvalue weighted by molar-refractivity contribution is 14.1. The highest BCUT2D eigenvalue weighted by Gasteiger charge is 2.29. The minimum atomic E-state index is 0.0886. The van der Waals surface area contributed by atoms with Gasteiger partial charge in [0.05, 0.1) is 5.56 Å². The molecule has 0 saturated heterocycles. The van der Waals surface area contributed by atoms with Crippen molar-refractivity contribution in [3.8, 4) is 0 Å². The van der Waals surface area contributed by atoms with E-state index in [-0.39, 0.29) is 5.91 Å². The number of hydrogen-bond acceptors (Lipinski definition) is 1. The van der Waals surface area contributed by atoms with Gasteiger partial charge in [-0.3, -0.25) is 4.79 Å². The van der Waals surface area contributed by atoms with Crippen molar-refractivity contribution in [3.05, 3.63) is 32.4 Å². The summed E-state index contributed by atoms with van der Waals surface area (Å²) in [5, 5.41) is 0.619. The molecule has 0 aromatic heterocycles. The van der Waals surface area contributed by atoms with Crippen LogP contribution in [0.4, 0.5) is 0 Å². The van der Waals surface area contributed by atoms with Crippen molar-refractivity contribution >= 4 is 40.1 Å². The second-order valence-corrected chi connectivity index (χ2v) is 6.97. The SMILES string of the molecule is CC1CCCCC1N(C)C(=O)c1cc(Cl)ccc1I. The molecule has 2 unspecified atom stereocenters. The van der Waals surface area contributed by atoms with Crippen LogP contribution in [0.3, 0.4) is 0 Å². The van der Waals surface area contributed by atoms with Crippen LogP contribution < -0.4 is 0 Å². The first-order valence-corrected chi connectivity index (χ1v) is 8.18. The van der Waals surface area contributed by atoms with Crippen LogP contribution in [0.2, 0.25) is 5.02 Å². The summed E-state index contributed by atoms with van der Waals surface area (Å²) < 4.78 is 0.960. The van der Waals surface area contributed by atoms with E-state index in [2.05, 4.69) is 29.5 Å². The molecule has 1 aliphatic rings. The molecular formula is C15H19ClINO. The Morgan fingerprint density at radius 2 is 2.05 bits per heavy atom. The number of carbonyl (C=O) groups excluding carboxylic acids is 1. The van der Waals surface area contributed by atoms with Crippen molar-refractivity contribution in [2.45, 2.75) is 38.6 Å². The Kier molecular flexibility index (Phi) is 5.12. The molecule has 2 rings (SSSR count). The van der Waals surface area contributed by atoms with Crippen molar-refractivity contribution in [1.82, 2.24) is 4.90 Å². The second kappa shape index (κ2) is 6.44. The zero-order valence-electron chi connectivity index (χ0n) is 11.3. The third kappa shape index (κ3) is 3.43. The largest absolute Gasteiger partial charge is 0.338 e. The number of halogens is 2. The smallest absolute Gasteiger partial charge is 0.254 e. The van der Waals surface area contributed by atoms with E-state index in [1.165, 1.54) is 19.3 Å². The highest BCUT2D eigenvalue weighted by atomic mass is 127. The van der Waals surface area contributed by atoms with Crippen molar-refractivity contribution in [2.75, 3.05) is 7.05 Å². The van der Waals surface area contributed by atoms with Crippen LogP contribution in [0.15, 0.2) is 18.2 Å². The number of rotatable bonds is 2. The standard InChI is InChI=1S/C15H19ClINO/c1-10-5-3-4-6-14(10)18(2)15(19)12-9-11(16)7-8-13(12)17/h7-10,14H,3-6H2,1-2H3. The molecule has 1 aromatic carbocycles. The van der Waals surface area contributed by atoms with Gasteiger partial charge in [0, 0.05) is 21.7 Å². The molecule has 1 aromatic rings. The monoisotopic (exact) mass is 391 g/mol. The van der Waals surface area contributed by atoms with Gasteiger partial charge < -0.3 is 4.90 Å². The molecule has 0 spiro atoms. The number of benzene rings is 1. The molecule has 0 bridgehead atoms. The maximum atomic E-state index is 12.6. The Morgan fingerprint density at radius 1 is 1.37 bits per heavy atom. The molecular weight excluding hydrogens is 373 g/mol. The first-order chi connectivity index (χ1) is 9.00. The van der Waals surface area contributed by atoms with Crippen LogP contribution in [0.25, 0.3) is 0 Å². The minimum Gasteiger partial charge on any atom is -0.338 e. The summed E-state index contributed by atoms with van der Waals surface area (Å²) in [7, 11) is 1.92. The fourth-order valence-corrected chi connectivity index (χ4v) is 3.61. The number of amides is 1. The van der Waals surface area contributed by atoms with E-state index >= 15 is 0 Å². The molecule has 0 aliphatic heterocycles. The molecule has 1 fully saturated rings. The third-order valence-electron chi connectivity index (χ3n) is 4.04. The molecule has 2 atom stereocenters. The lowest BCUT2D eigenvalue weighted by Crippen LogP contribution is -2.42. The molecule has 1 saturated carbocycles. The van der Waals surface area contributed by atoms with Crippen molar-refractivity contribution in [2.24, 2.45) is 5.92 Å². The Labute approximate surface area is 133 Å². The fourth-order valence-electron chi connectivity index (χ4n) is 2.87. The molecule has 4 heteroatoms. The normalized spacial score (nSPS) is 23.2. The van der Waals surface area contributed by atoms with Crippen LogP contribution in [0, 0.1) is 9.49 Å². The lowest BCUT2D eigenvalue weighted by Gasteiger charge is -2.36. The highest BCUT2D eigenvalue weighted by Crippen LogP contribution is 2.29. The van der Waals surface area contributed by atoms with Gasteiger partial charge in [-0.1, -0.05) is 31.4 Å². The maximum Gasteiger partial charge on any atom is 0.254 e. The first kappa shape index (κ1) is 15.1. The quantitative estimate of drug-likeness (QED) is 0.675. The molecule has 0 radical (unpaired) electrons.